The van der Waals surface area contributed by atoms with Crippen molar-refractivity contribution in [3.63, 3.8) is 0 Å². The van der Waals surface area contributed by atoms with Crippen molar-refractivity contribution in [3.8, 4) is 0 Å². The van der Waals surface area contributed by atoms with Crippen LogP contribution in [0.4, 0.5) is 64.1 Å². The predicted molar refractivity (Wildman–Crippen MR) is 104 cm³/mol. The minimum Gasteiger partial charge on any atom is -0.320 e. The van der Waals surface area contributed by atoms with Gasteiger partial charge in [-0.15, -0.1) is 0 Å². The third-order valence-electron chi connectivity index (χ3n) is 4.54. The Morgan fingerprint density at radius 2 is 1.51 bits per heavy atom. The zero-order valence-electron chi connectivity index (χ0n) is 16.2. The van der Waals surface area contributed by atoms with Crippen molar-refractivity contribution in [2.75, 3.05) is 10.8 Å². The zero-order chi connectivity index (χ0) is 27.1. The van der Waals surface area contributed by atoms with Crippen LogP contribution in [0.15, 0.2) is 30.3 Å². The van der Waals surface area contributed by atoms with Crippen LogP contribution in [0.1, 0.15) is 27.9 Å². The van der Waals surface area contributed by atoms with Crippen LogP contribution in [0.2, 0.25) is 0 Å². The highest BCUT2D eigenvalue weighted by atomic mass is 127. The Morgan fingerprint density at radius 3 is 1.97 bits per heavy atom. The van der Waals surface area contributed by atoms with Gasteiger partial charge >= 0.3 is 23.9 Å². The third-order valence-corrected chi connectivity index (χ3v) is 5.39. The van der Waals surface area contributed by atoms with E-state index in [4.69, 9.17) is 5.21 Å². The van der Waals surface area contributed by atoms with Crippen molar-refractivity contribution in [1.29, 1.82) is 0 Å². The topological polar surface area (TPSA) is 61.4 Å². The van der Waals surface area contributed by atoms with Crippen molar-refractivity contribution in [2.24, 2.45) is 0 Å². The van der Waals surface area contributed by atoms with Crippen LogP contribution in [-0.2, 0) is 5.67 Å². The summed E-state index contributed by atoms with van der Waals surface area (Å²) in [5.74, 6) is -10.1. The first-order chi connectivity index (χ1) is 15.8. The number of alkyl halides is 11. The molecule has 0 heterocycles. The van der Waals surface area contributed by atoms with Gasteiger partial charge in [0, 0.05) is 14.7 Å². The lowest BCUT2D eigenvalue weighted by Gasteiger charge is -2.36. The van der Waals surface area contributed by atoms with E-state index in [0.29, 0.717) is 0 Å². The average Bonchev–Trinajstić information content (AvgIpc) is 2.72. The monoisotopic (exact) mass is 640 g/mol. The van der Waals surface area contributed by atoms with E-state index >= 15 is 0 Å². The minimum atomic E-state index is -7.10. The van der Waals surface area contributed by atoms with Gasteiger partial charge in [-0.1, -0.05) is 6.07 Å². The molecule has 194 valence electrons. The van der Waals surface area contributed by atoms with Crippen LogP contribution in [0.25, 0.3) is 0 Å². The van der Waals surface area contributed by atoms with Crippen LogP contribution in [0.3, 0.4) is 0 Å². The second-order valence-corrected chi connectivity index (χ2v) is 7.85. The maximum atomic E-state index is 14.7. The number of carbonyl (C=O) groups excluding carboxylic acids is 1. The maximum absolute atomic E-state index is 14.7. The highest BCUT2D eigenvalue weighted by molar-refractivity contribution is 14.1. The first kappa shape index (κ1) is 28.8. The maximum Gasteiger partial charge on any atom is 0.457 e. The van der Waals surface area contributed by atoms with E-state index in [9.17, 15) is 57.5 Å². The molecule has 0 radical (unpaired) electrons. The molecule has 0 aliphatic carbocycles. The molecular weight excluding hydrogens is 631 g/mol. The van der Waals surface area contributed by atoms with Crippen molar-refractivity contribution < 1.29 is 62.7 Å². The molecular formula is C18H9F12IN2O2. The number of nitrogens with one attached hydrogen (secondary N) is 2. The molecule has 3 N–H and O–H groups in total. The molecule has 0 aliphatic heterocycles. The largest absolute Gasteiger partial charge is 0.457 e. The van der Waals surface area contributed by atoms with Crippen molar-refractivity contribution in [1.82, 2.24) is 0 Å². The van der Waals surface area contributed by atoms with Gasteiger partial charge in [0.2, 0.25) is 0 Å². The Labute approximate surface area is 200 Å². The molecule has 17 heteroatoms. The number of anilines is 2. The Morgan fingerprint density at radius 1 is 0.943 bits per heavy atom. The zero-order valence-corrected chi connectivity index (χ0v) is 18.4. The second-order valence-electron chi connectivity index (χ2n) is 6.68. The summed E-state index contributed by atoms with van der Waals surface area (Å²) in [4.78, 5) is 12.3. The molecule has 0 saturated heterocycles. The van der Waals surface area contributed by atoms with Gasteiger partial charge in [-0.3, -0.25) is 15.5 Å². The summed E-state index contributed by atoms with van der Waals surface area (Å²) in [6.07, 6.45) is -17.9. The normalized spacial score (nSPS) is 14.6. The highest BCUT2D eigenvalue weighted by Gasteiger charge is 2.81. The molecule has 4 nitrogen and oxygen atoms in total. The smallest absolute Gasteiger partial charge is 0.320 e. The van der Waals surface area contributed by atoms with Gasteiger partial charge in [-0.25, -0.2) is 17.6 Å². The SMILES string of the molecule is O=C(Nc1c(I)cc(C(F)(C(F)(F)F)C(F)(F)C(F)(F)F)cc1C(F)F)c1cccc(NO)c1F. The minimum absolute atomic E-state index is 0.239. The summed E-state index contributed by atoms with van der Waals surface area (Å²) in [6, 6.07) is 1.90. The standard InChI is InChI=1S/C18H9F12IN2O2/c19-11-7(2-1-3-10(11)33-35)14(34)32-12-8(13(20)21)4-6(5-9(12)31)15(22,17(25,26)27)16(23,24)18(28,29)30/h1-5,13,33,35H,(H,32,34). The molecule has 0 spiro atoms. The molecule has 0 bridgehead atoms. The Balaban J connectivity index is 2.72. The molecule has 1 atom stereocenters. The van der Waals surface area contributed by atoms with Crippen molar-refractivity contribution in [2.45, 2.75) is 30.4 Å². The van der Waals surface area contributed by atoms with Crippen molar-refractivity contribution in [3.05, 3.63) is 56.4 Å². The van der Waals surface area contributed by atoms with Gasteiger partial charge in [0.05, 0.1) is 16.9 Å². The van der Waals surface area contributed by atoms with Gasteiger partial charge < -0.3 is 5.32 Å². The molecule has 1 amide bonds. The molecule has 0 saturated carbocycles. The van der Waals surface area contributed by atoms with E-state index in [1.807, 2.05) is 0 Å². The number of hydrogen-bond acceptors (Lipinski definition) is 3. The third kappa shape index (κ3) is 4.96. The predicted octanol–water partition coefficient (Wildman–Crippen LogP) is 7.35. The van der Waals surface area contributed by atoms with Gasteiger partial charge in [-0.2, -0.15) is 35.1 Å². The first-order valence-electron chi connectivity index (χ1n) is 8.63. The summed E-state index contributed by atoms with van der Waals surface area (Å²) in [7, 11) is 0. The lowest BCUT2D eigenvalue weighted by molar-refractivity contribution is -0.389. The quantitative estimate of drug-likeness (QED) is 0.176. The molecule has 35 heavy (non-hydrogen) atoms. The molecule has 1 unspecified atom stereocenters. The number of amides is 1. The summed E-state index contributed by atoms with van der Waals surface area (Å²) in [6.45, 7) is 0. The van der Waals surface area contributed by atoms with Gasteiger partial charge in [-0.05, 0) is 46.9 Å². The summed E-state index contributed by atoms with van der Waals surface area (Å²) in [5, 5.41) is 10.4. The lowest BCUT2D eigenvalue weighted by atomic mass is 9.86. The number of halogens is 13. The lowest BCUT2D eigenvalue weighted by Crippen LogP contribution is -2.59. The van der Waals surface area contributed by atoms with E-state index in [-0.39, 0.29) is 6.07 Å². The van der Waals surface area contributed by atoms with E-state index < -0.39 is 79.8 Å². The van der Waals surface area contributed by atoms with Crippen LogP contribution in [0, 0.1) is 9.39 Å². The number of rotatable bonds is 6. The summed E-state index contributed by atoms with van der Waals surface area (Å²) >= 11 is 0.883. The Kier molecular flexibility index (Phi) is 7.86. The molecule has 2 aromatic carbocycles. The fourth-order valence-electron chi connectivity index (χ4n) is 2.82. The molecule has 2 rings (SSSR count). The fourth-order valence-corrected chi connectivity index (χ4v) is 3.61. The van der Waals surface area contributed by atoms with E-state index in [1.54, 1.807) is 5.32 Å². The summed E-state index contributed by atoms with van der Waals surface area (Å²) < 4.78 is 160. The van der Waals surface area contributed by atoms with Gasteiger partial charge in [0.15, 0.2) is 5.82 Å². The van der Waals surface area contributed by atoms with Gasteiger partial charge in [0.1, 0.15) is 0 Å². The average molecular weight is 640 g/mol. The highest BCUT2D eigenvalue weighted by Crippen LogP contribution is 2.59. The van der Waals surface area contributed by atoms with E-state index in [1.165, 1.54) is 5.48 Å². The second kappa shape index (κ2) is 9.55. The molecule has 0 aliphatic rings. The molecule has 0 aromatic heterocycles. The number of hydrogen-bond donors (Lipinski definition) is 3. The van der Waals surface area contributed by atoms with E-state index in [2.05, 4.69) is 0 Å². The summed E-state index contributed by atoms with van der Waals surface area (Å²) in [5.41, 5.74) is -12.1. The number of carbonyl (C=O) groups is 1. The molecule has 2 aromatic rings. The molecule has 0 fully saturated rings. The fraction of sp³-hybridized carbons (Fsp3) is 0.278. The van der Waals surface area contributed by atoms with Crippen LogP contribution in [0.5, 0.6) is 0 Å². The van der Waals surface area contributed by atoms with Crippen LogP contribution in [-0.4, -0.2) is 29.4 Å². The Hall–Kier alpha value is -2.44. The van der Waals surface area contributed by atoms with Crippen LogP contribution >= 0.6 is 22.6 Å². The van der Waals surface area contributed by atoms with Crippen molar-refractivity contribution >= 4 is 39.9 Å². The van der Waals surface area contributed by atoms with Crippen LogP contribution < -0.4 is 10.8 Å². The Bertz CT molecular complexity index is 1120. The first-order valence-corrected chi connectivity index (χ1v) is 9.71. The van der Waals surface area contributed by atoms with Gasteiger partial charge in [0.25, 0.3) is 12.3 Å². The van der Waals surface area contributed by atoms with E-state index in [0.717, 1.165) is 40.8 Å². The number of benzene rings is 2.